The van der Waals surface area contributed by atoms with Crippen LogP contribution >= 0.6 is 31.9 Å². The molecule has 0 aliphatic carbocycles. The van der Waals surface area contributed by atoms with Gasteiger partial charge >= 0.3 is 0 Å². The molecule has 0 fully saturated rings. The molecule has 6 heteroatoms. The van der Waals surface area contributed by atoms with Crippen molar-refractivity contribution in [1.82, 2.24) is 5.32 Å². The van der Waals surface area contributed by atoms with Crippen LogP contribution in [0.1, 0.15) is 5.56 Å². The molecule has 0 aliphatic rings. The topological polar surface area (TPSA) is 21.3 Å². The van der Waals surface area contributed by atoms with Gasteiger partial charge in [0.1, 0.15) is 5.75 Å². The molecule has 2 nitrogen and oxygen atoms in total. The molecule has 2 aromatic rings. The quantitative estimate of drug-likeness (QED) is 0.771. The molecule has 0 saturated carbocycles. The minimum absolute atomic E-state index is 0.340. The highest BCUT2D eigenvalue weighted by Crippen LogP contribution is 2.34. The summed E-state index contributed by atoms with van der Waals surface area (Å²) in [6.45, 7) is 0.385. The first kappa shape index (κ1) is 15.4. The second kappa shape index (κ2) is 6.65. The maximum Gasteiger partial charge on any atom is 0.198 e. The van der Waals surface area contributed by atoms with Gasteiger partial charge < -0.3 is 10.1 Å². The second-order valence-corrected chi connectivity index (χ2v) is 5.87. The third-order valence-electron chi connectivity index (χ3n) is 2.54. The lowest BCUT2D eigenvalue weighted by atomic mass is 10.2. The Kier molecular flexibility index (Phi) is 5.12. The van der Waals surface area contributed by atoms with E-state index in [1.54, 1.807) is 25.2 Å². The van der Waals surface area contributed by atoms with Crippen molar-refractivity contribution in [2.45, 2.75) is 6.54 Å². The van der Waals surface area contributed by atoms with E-state index in [4.69, 9.17) is 4.74 Å². The summed E-state index contributed by atoms with van der Waals surface area (Å²) in [5, 5.41) is 2.84. The smallest absolute Gasteiger partial charge is 0.198 e. The number of hydrogen-bond donors (Lipinski definition) is 1. The summed E-state index contributed by atoms with van der Waals surface area (Å²) in [7, 11) is 1.71. The third kappa shape index (κ3) is 3.56. The molecule has 0 saturated heterocycles. The second-order valence-electron chi connectivity index (χ2n) is 4.10. The summed E-state index contributed by atoms with van der Waals surface area (Å²) < 4.78 is 34.6. The Morgan fingerprint density at radius 3 is 2.30 bits per heavy atom. The molecule has 0 unspecified atom stereocenters. The van der Waals surface area contributed by atoms with Gasteiger partial charge in [-0.25, -0.2) is 8.78 Å². The Hall–Kier alpha value is -0.980. The van der Waals surface area contributed by atoms with Gasteiger partial charge in [0.05, 0.1) is 4.47 Å². The minimum Gasteiger partial charge on any atom is -0.450 e. The van der Waals surface area contributed by atoms with E-state index in [2.05, 4.69) is 37.2 Å². The molecule has 0 atom stereocenters. The van der Waals surface area contributed by atoms with Crippen molar-refractivity contribution in [2.24, 2.45) is 0 Å². The van der Waals surface area contributed by atoms with E-state index < -0.39 is 17.4 Å². The number of hydrogen-bond acceptors (Lipinski definition) is 2. The van der Waals surface area contributed by atoms with Crippen LogP contribution in [-0.2, 0) is 6.54 Å². The molecule has 106 valence electrons. The van der Waals surface area contributed by atoms with Crippen LogP contribution in [0.2, 0.25) is 0 Å². The number of ether oxygens (including phenoxy) is 1. The lowest BCUT2D eigenvalue weighted by molar-refractivity contribution is 0.404. The van der Waals surface area contributed by atoms with Gasteiger partial charge in [-0.2, -0.15) is 0 Å². The van der Waals surface area contributed by atoms with E-state index >= 15 is 0 Å². The molecule has 0 heterocycles. The number of halogens is 4. The molecule has 0 bridgehead atoms. The van der Waals surface area contributed by atoms with Crippen LogP contribution in [0.3, 0.4) is 0 Å². The van der Waals surface area contributed by atoms with Crippen LogP contribution < -0.4 is 10.1 Å². The zero-order valence-electron chi connectivity index (χ0n) is 10.5. The lowest BCUT2D eigenvalue weighted by Gasteiger charge is -2.11. The van der Waals surface area contributed by atoms with Crippen LogP contribution in [0.5, 0.6) is 11.5 Å². The zero-order valence-corrected chi connectivity index (χ0v) is 13.7. The lowest BCUT2D eigenvalue weighted by Crippen LogP contribution is -2.06. The predicted molar refractivity (Wildman–Crippen MR) is 81.0 cm³/mol. The summed E-state index contributed by atoms with van der Waals surface area (Å²) in [4.78, 5) is 0. The summed E-state index contributed by atoms with van der Waals surface area (Å²) in [6, 6.07) is 7.59. The Bertz CT molecular complexity index is 612. The van der Waals surface area contributed by atoms with E-state index in [1.807, 2.05) is 0 Å². The van der Waals surface area contributed by atoms with Gasteiger partial charge in [0.15, 0.2) is 17.4 Å². The fourth-order valence-electron chi connectivity index (χ4n) is 1.68. The molecular weight excluding hydrogens is 396 g/mol. The van der Waals surface area contributed by atoms with E-state index in [0.717, 1.165) is 4.47 Å². The first-order valence-electron chi connectivity index (χ1n) is 5.76. The monoisotopic (exact) mass is 405 g/mol. The van der Waals surface area contributed by atoms with E-state index in [-0.39, 0.29) is 0 Å². The van der Waals surface area contributed by atoms with Gasteiger partial charge in [0, 0.05) is 11.0 Å². The summed E-state index contributed by atoms with van der Waals surface area (Å²) in [5.41, 5.74) is 0.518. The number of rotatable bonds is 4. The molecule has 0 aromatic heterocycles. The standard InChI is InChI=1S/C14H11Br2F2NO/c1-19-7-8-4-11(17)14(12(18)5-8)20-13-3-2-9(15)6-10(13)16/h2-6,19H,7H2,1H3. The highest BCUT2D eigenvalue weighted by molar-refractivity contribution is 9.11. The summed E-state index contributed by atoms with van der Waals surface area (Å²) in [6.07, 6.45) is 0. The van der Waals surface area contributed by atoms with Crippen LogP contribution in [0.4, 0.5) is 8.78 Å². The third-order valence-corrected chi connectivity index (χ3v) is 3.66. The van der Waals surface area contributed by atoms with E-state index in [9.17, 15) is 8.78 Å². The van der Waals surface area contributed by atoms with Crippen LogP contribution in [0.15, 0.2) is 39.3 Å². The van der Waals surface area contributed by atoms with Crippen molar-refractivity contribution in [3.63, 3.8) is 0 Å². The fraction of sp³-hybridized carbons (Fsp3) is 0.143. The van der Waals surface area contributed by atoms with Crippen molar-refractivity contribution in [3.8, 4) is 11.5 Å². The largest absolute Gasteiger partial charge is 0.450 e. The number of nitrogens with one attached hydrogen (secondary N) is 1. The van der Waals surface area contributed by atoms with E-state index in [1.165, 1.54) is 12.1 Å². The molecule has 2 rings (SSSR count). The van der Waals surface area contributed by atoms with Crippen molar-refractivity contribution in [1.29, 1.82) is 0 Å². The normalized spacial score (nSPS) is 10.7. The molecule has 20 heavy (non-hydrogen) atoms. The molecule has 0 aliphatic heterocycles. The average molecular weight is 407 g/mol. The first-order chi connectivity index (χ1) is 9.51. The maximum atomic E-state index is 13.9. The molecule has 0 amide bonds. The maximum absolute atomic E-state index is 13.9. The zero-order chi connectivity index (χ0) is 14.7. The van der Waals surface area contributed by atoms with Crippen molar-refractivity contribution < 1.29 is 13.5 Å². The van der Waals surface area contributed by atoms with Gasteiger partial charge in [-0.05, 0) is 58.9 Å². The van der Waals surface area contributed by atoms with Crippen LogP contribution in [0.25, 0.3) is 0 Å². The summed E-state index contributed by atoms with van der Waals surface area (Å²) in [5.74, 6) is -1.53. The van der Waals surface area contributed by atoms with Crippen molar-refractivity contribution >= 4 is 31.9 Å². The molecular formula is C14H11Br2F2NO. The SMILES string of the molecule is CNCc1cc(F)c(Oc2ccc(Br)cc2Br)c(F)c1. The molecule has 0 radical (unpaired) electrons. The van der Waals surface area contributed by atoms with Gasteiger partial charge in [0.25, 0.3) is 0 Å². The Labute approximate surface area is 132 Å². The Balaban J connectivity index is 2.33. The number of benzene rings is 2. The average Bonchev–Trinajstić information content (AvgIpc) is 2.36. The summed E-state index contributed by atoms with van der Waals surface area (Å²) >= 11 is 6.58. The van der Waals surface area contributed by atoms with Crippen LogP contribution in [-0.4, -0.2) is 7.05 Å². The first-order valence-corrected chi connectivity index (χ1v) is 7.35. The molecule has 1 N–H and O–H groups in total. The van der Waals surface area contributed by atoms with Crippen molar-refractivity contribution in [3.05, 3.63) is 56.5 Å². The van der Waals surface area contributed by atoms with Crippen molar-refractivity contribution in [2.75, 3.05) is 7.05 Å². The van der Waals surface area contributed by atoms with E-state index in [0.29, 0.717) is 22.3 Å². The molecule has 0 spiro atoms. The predicted octanol–water partition coefficient (Wildman–Crippen LogP) is 5.00. The Morgan fingerprint density at radius 1 is 1.10 bits per heavy atom. The highest BCUT2D eigenvalue weighted by atomic mass is 79.9. The fourth-order valence-corrected chi connectivity index (χ4v) is 2.81. The van der Waals surface area contributed by atoms with Gasteiger partial charge in [-0.3, -0.25) is 0 Å². The van der Waals surface area contributed by atoms with Gasteiger partial charge in [-0.15, -0.1) is 0 Å². The van der Waals surface area contributed by atoms with Gasteiger partial charge in [0.2, 0.25) is 0 Å². The molecule has 2 aromatic carbocycles. The van der Waals surface area contributed by atoms with Crippen LogP contribution in [0, 0.1) is 11.6 Å². The van der Waals surface area contributed by atoms with Gasteiger partial charge in [-0.1, -0.05) is 15.9 Å². The minimum atomic E-state index is -0.731. The highest BCUT2D eigenvalue weighted by Gasteiger charge is 2.15. The Morgan fingerprint density at radius 2 is 1.75 bits per heavy atom.